The SMILES string of the molecule is CCC(C)N(CC)C(=O)NC(=O)CCCC(=O)O. The third-order valence-corrected chi connectivity index (χ3v) is 2.77. The Labute approximate surface area is 107 Å². The number of urea groups is 1. The second-order valence-corrected chi connectivity index (χ2v) is 4.14. The summed E-state index contributed by atoms with van der Waals surface area (Å²) in [6, 6.07) is -0.339. The molecule has 0 heterocycles. The van der Waals surface area contributed by atoms with Crippen LogP contribution >= 0.6 is 0 Å². The molecule has 0 rings (SSSR count). The number of amides is 3. The summed E-state index contributed by atoms with van der Waals surface area (Å²) in [6.07, 6.45) is 1.04. The monoisotopic (exact) mass is 258 g/mol. The number of hydrogen-bond donors (Lipinski definition) is 2. The molecule has 0 bridgehead atoms. The maximum Gasteiger partial charge on any atom is 0.324 e. The van der Waals surface area contributed by atoms with Crippen molar-refractivity contribution in [1.82, 2.24) is 10.2 Å². The maximum atomic E-state index is 11.8. The van der Waals surface area contributed by atoms with E-state index in [9.17, 15) is 14.4 Å². The highest BCUT2D eigenvalue weighted by molar-refractivity contribution is 5.94. The highest BCUT2D eigenvalue weighted by atomic mass is 16.4. The van der Waals surface area contributed by atoms with Crippen LogP contribution in [0.4, 0.5) is 4.79 Å². The van der Waals surface area contributed by atoms with Gasteiger partial charge in [-0.1, -0.05) is 6.92 Å². The summed E-state index contributed by atoms with van der Waals surface area (Å²) in [7, 11) is 0. The molecule has 0 aliphatic rings. The van der Waals surface area contributed by atoms with Crippen LogP contribution in [0.25, 0.3) is 0 Å². The Hall–Kier alpha value is -1.59. The van der Waals surface area contributed by atoms with E-state index < -0.39 is 17.9 Å². The van der Waals surface area contributed by atoms with Crippen LogP contribution in [0.2, 0.25) is 0 Å². The summed E-state index contributed by atoms with van der Waals surface area (Å²) < 4.78 is 0. The van der Waals surface area contributed by atoms with Crippen molar-refractivity contribution in [3.8, 4) is 0 Å². The van der Waals surface area contributed by atoms with Crippen LogP contribution in [-0.2, 0) is 9.59 Å². The lowest BCUT2D eigenvalue weighted by Gasteiger charge is -2.26. The van der Waals surface area contributed by atoms with Gasteiger partial charge in [0.15, 0.2) is 0 Å². The van der Waals surface area contributed by atoms with E-state index in [0.29, 0.717) is 6.54 Å². The Morgan fingerprint density at radius 3 is 2.28 bits per heavy atom. The van der Waals surface area contributed by atoms with Gasteiger partial charge < -0.3 is 10.0 Å². The van der Waals surface area contributed by atoms with Crippen LogP contribution < -0.4 is 5.32 Å². The fourth-order valence-corrected chi connectivity index (χ4v) is 1.53. The summed E-state index contributed by atoms with van der Waals surface area (Å²) in [5.74, 6) is -1.37. The molecule has 18 heavy (non-hydrogen) atoms. The first-order chi connectivity index (χ1) is 8.42. The van der Waals surface area contributed by atoms with E-state index in [1.54, 1.807) is 4.90 Å². The topological polar surface area (TPSA) is 86.7 Å². The van der Waals surface area contributed by atoms with Crippen LogP contribution in [0, 0.1) is 0 Å². The smallest absolute Gasteiger partial charge is 0.324 e. The minimum atomic E-state index is -0.941. The van der Waals surface area contributed by atoms with E-state index >= 15 is 0 Å². The standard InChI is InChI=1S/C12H22N2O4/c1-4-9(3)14(5-2)12(18)13-10(15)7-6-8-11(16)17/h9H,4-8H2,1-3H3,(H,16,17)(H,13,15,18). The Morgan fingerprint density at radius 2 is 1.83 bits per heavy atom. The van der Waals surface area contributed by atoms with Crippen molar-refractivity contribution in [2.75, 3.05) is 6.54 Å². The number of nitrogens with zero attached hydrogens (tertiary/aromatic N) is 1. The summed E-state index contributed by atoms with van der Waals surface area (Å²) in [6.45, 7) is 6.26. The van der Waals surface area contributed by atoms with Gasteiger partial charge in [0.1, 0.15) is 0 Å². The van der Waals surface area contributed by atoms with Crippen molar-refractivity contribution in [3.05, 3.63) is 0 Å². The van der Waals surface area contributed by atoms with E-state index in [1.165, 1.54) is 0 Å². The lowest BCUT2D eigenvalue weighted by molar-refractivity contribution is -0.137. The molecule has 0 aliphatic heterocycles. The number of hydrogen-bond acceptors (Lipinski definition) is 3. The van der Waals surface area contributed by atoms with Gasteiger partial charge in [0.05, 0.1) is 0 Å². The zero-order chi connectivity index (χ0) is 14.1. The van der Waals surface area contributed by atoms with Gasteiger partial charge in [0.2, 0.25) is 5.91 Å². The predicted octanol–water partition coefficient (Wildman–Crippen LogP) is 1.60. The molecule has 6 nitrogen and oxygen atoms in total. The van der Waals surface area contributed by atoms with Crippen molar-refractivity contribution in [2.24, 2.45) is 0 Å². The number of carbonyl (C=O) groups is 3. The molecule has 1 unspecified atom stereocenters. The highest BCUT2D eigenvalue weighted by Gasteiger charge is 2.18. The van der Waals surface area contributed by atoms with Crippen molar-refractivity contribution in [1.29, 1.82) is 0 Å². The highest BCUT2D eigenvalue weighted by Crippen LogP contribution is 2.03. The van der Waals surface area contributed by atoms with Crippen LogP contribution in [0.15, 0.2) is 0 Å². The molecule has 0 aromatic heterocycles. The van der Waals surface area contributed by atoms with E-state index in [0.717, 1.165) is 6.42 Å². The summed E-state index contributed by atoms with van der Waals surface area (Å²) in [4.78, 5) is 35.0. The second-order valence-electron chi connectivity index (χ2n) is 4.14. The fourth-order valence-electron chi connectivity index (χ4n) is 1.53. The number of carboxylic acids is 1. The average molecular weight is 258 g/mol. The Kier molecular flexibility index (Phi) is 7.74. The molecule has 6 heteroatoms. The van der Waals surface area contributed by atoms with Gasteiger partial charge in [0.25, 0.3) is 0 Å². The van der Waals surface area contributed by atoms with E-state index in [-0.39, 0.29) is 25.3 Å². The van der Waals surface area contributed by atoms with E-state index in [2.05, 4.69) is 5.32 Å². The number of carboxylic acid groups (broad SMARTS) is 1. The van der Waals surface area contributed by atoms with Crippen LogP contribution in [0.3, 0.4) is 0 Å². The van der Waals surface area contributed by atoms with Crippen molar-refractivity contribution in [3.63, 3.8) is 0 Å². The third kappa shape index (κ3) is 6.22. The van der Waals surface area contributed by atoms with Gasteiger partial charge in [-0.05, 0) is 26.7 Å². The molecule has 2 N–H and O–H groups in total. The van der Waals surface area contributed by atoms with E-state index in [4.69, 9.17) is 5.11 Å². The molecule has 104 valence electrons. The number of carbonyl (C=O) groups excluding carboxylic acids is 2. The van der Waals surface area contributed by atoms with Gasteiger partial charge in [0, 0.05) is 25.4 Å². The third-order valence-electron chi connectivity index (χ3n) is 2.77. The van der Waals surface area contributed by atoms with Crippen molar-refractivity contribution in [2.45, 2.75) is 52.5 Å². The molecule has 0 saturated heterocycles. The molecule has 0 aromatic carbocycles. The van der Waals surface area contributed by atoms with Crippen molar-refractivity contribution >= 4 is 17.9 Å². The quantitative estimate of drug-likeness (QED) is 0.726. The molecule has 1 atom stereocenters. The zero-order valence-electron chi connectivity index (χ0n) is 11.2. The minimum Gasteiger partial charge on any atom is -0.481 e. The molecule has 0 spiro atoms. The molecular weight excluding hydrogens is 236 g/mol. The summed E-state index contributed by atoms with van der Waals surface area (Å²) >= 11 is 0. The Morgan fingerprint density at radius 1 is 1.22 bits per heavy atom. The zero-order valence-corrected chi connectivity index (χ0v) is 11.2. The fraction of sp³-hybridized carbons (Fsp3) is 0.750. The van der Waals surface area contributed by atoms with Crippen LogP contribution in [0.1, 0.15) is 46.5 Å². The number of nitrogens with one attached hydrogen (secondary N) is 1. The molecule has 0 saturated carbocycles. The minimum absolute atomic E-state index is 0.0517. The summed E-state index contributed by atoms with van der Waals surface area (Å²) in [5, 5.41) is 10.7. The Balaban J connectivity index is 4.12. The predicted molar refractivity (Wildman–Crippen MR) is 67.2 cm³/mol. The van der Waals surface area contributed by atoms with Gasteiger partial charge in [-0.15, -0.1) is 0 Å². The Bertz CT molecular complexity index is 304. The first-order valence-electron chi connectivity index (χ1n) is 6.24. The lowest BCUT2D eigenvalue weighted by atomic mass is 10.2. The lowest BCUT2D eigenvalue weighted by Crippen LogP contribution is -2.46. The molecule has 0 fully saturated rings. The summed E-state index contributed by atoms with van der Waals surface area (Å²) in [5.41, 5.74) is 0. The largest absolute Gasteiger partial charge is 0.481 e. The number of imide groups is 1. The first kappa shape index (κ1) is 16.4. The second kappa shape index (κ2) is 8.49. The van der Waals surface area contributed by atoms with Gasteiger partial charge in [-0.2, -0.15) is 0 Å². The molecule has 3 amide bonds. The van der Waals surface area contributed by atoms with Crippen molar-refractivity contribution < 1.29 is 19.5 Å². The molecule has 0 aromatic rings. The van der Waals surface area contributed by atoms with Gasteiger partial charge in [-0.3, -0.25) is 14.9 Å². The number of aliphatic carboxylic acids is 1. The average Bonchev–Trinajstić information content (AvgIpc) is 2.28. The number of rotatable bonds is 7. The van der Waals surface area contributed by atoms with Crippen LogP contribution in [0.5, 0.6) is 0 Å². The van der Waals surface area contributed by atoms with Gasteiger partial charge >= 0.3 is 12.0 Å². The van der Waals surface area contributed by atoms with Gasteiger partial charge in [-0.25, -0.2) is 4.79 Å². The first-order valence-corrected chi connectivity index (χ1v) is 6.24. The normalized spacial score (nSPS) is 11.7. The van der Waals surface area contributed by atoms with Crippen LogP contribution in [-0.4, -0.2) is 40.5 Å². The molecule has 0 aliphatic carbocycles. The molecule has 0 radical (unpaired) electrons. The maximum absolute atomic E-state index is 11.8. The van der Waals surface area contributed by atoms with E-state index in [1.807, 2.05) is 20.8 Å². The molecular formula is C12H22N2O4.